The number of anilines is 1. The molecule has 0 spiro atoms. The highest BCUT2D eigenvalue weighted by atomic mass is 35.5. The van der Waals surface area contributed by atoms with Crippen LogP contribution < -0.4 is 5.32 Å². The third-order valence-electron chi connectivity index (χ3n) is 1.75. The minimum Gasteiger partial charge on any atom is -0.358 e. The summed E-state index contributed by atoms with van der Waals surface area (Å²) in [6, 6.07) is 0.397. The van der Waals surface area contributed by atoms with E-state index in [9.17, 15) is 0 Å². The zero-order valence-electron chi connectivity index (χ0n) is 7.34. The van der Waals surface area contributed by atoms with Gasteiger partial charge in [-0.15, -0.1) is 0 Å². The average molecular weight is 206 g/mol. The van der Waals surface area contributed by atoms with Gasteiger partial charge in [0.05, 0.1) is 0 Å². The maximum Gasteiger partial charge on any atom is 0.236 e. The molecule has 1 heterocycles. The molecule has 1 N–H and O–H groups in total. The standard InChI is InChI=1S/C7H12ClN3S/c1-4(2)5(3)9-7-10-6(8)11-12-7/h4-5H,1-3H3,(H,9,10,11). The molecule has 0 amide bonds. The molecule has 0 aliphatic heterocycles. The van der Waals surface area contributed by atoms with Crippen LogP contribution in [0.25, 0.3) is 0 Å². The van der Waals surface area contributed by atoms with Crippen LogP contribution in [0.4, 0.5) is 5.13 Å². The van der Waals surface area contributed by atoms with Crippen molar-refractivity contribution in [3.05, 3.63) is 5.28 Å². The van der Waals surface area contributed by atoms with Crippen molar-refractivity contribution in [1.82, 2.24) is 9.36 Å². The average Bonchev–Trinajstić information content (AvgIpc) is 2.35. The van der Waals surface area contributed by atoms with Crippen LogP contribution in [-0.4, -0.2) is 15.4 Å². The number of hydrogen-bond donors (Lipinski definition) is 1. The largest absolute Gasteiger partial charge is 0.358 e. The van der Waals surface area contributed by atoms with Crippen LogP contribution in [0, 0.1) is 5.92 Å². The van der Waals surface area contributed by atoms with Crippen molar-refractivity contribution in [3.8, 4) is 0 Å². The monoisotopic (exact) mass is 205 g/mol. The fourth-order valence-corrected chi connectivity index (χ4v) is 1.43. The van der Waals surface area contributed by atoms with E-state index in [-0.39, 0.29) is 0 Å². The molecule has 1 atom stereocenters. The molecule has 1 rings (SSSR count). The van der Waals surface area contributed by atoms with Crippen molar-refractivity contribution in [1.29, 1.82) is 0 Å². The second kappa shape index (κ2) is 4.05. The van der Waals surface area contributed by atoms with E-state index in [1.807, 2.05) is 0 Å². The molecule has 0 bridgehead atoms. The highest BCUT2D eigenvalue weighted by Crippen LogP contribution is 2.16. The van der Waals surface area contributed by atoms with Crippen molar-refractivity contribution in [2.45, 2.75) is 26.8 Å². The van der Waals surface area contributed by atoms with Crippen LogP contribution in [-0.2, 0) is 0 Å². The summed E-state index contributed by atoms with van der Waals surface area (Å²) in [5, 5.41) is 4.33. The Kier molecular flexibility index (Phi) is 3.29. The fraction of sp³-hybridized carbons (Fsp3) is 0.714. The molecule has 0 saturated heterocycles. The minimum absolute atomic E-state index is 0.318. The maximum absolute atomic E-state index is 5.57. The Bertz CT molecular complexity index is 249. The van der Waals surface area contributed by atoms with Gasteiger partial charge in [0.1, 0.15) is 0 Å². The summed E-state index contributed by atoms with van der Waals surface area (Å²) in [5.41, 5.74) is 0. The lowest BCUT2D eigenvalue weighted by Gasteiger charge is -2.15. The van der Waals surface area contributed by atoms with Gasteiger partial charge in [-0.25, -0.2) is 0 Å². The summed E-state index contributed by atoms with van der Waals surface area (Å²) < 4.78 is 3.86. The van der Waals surface area contributed by atoms with Crippen molar-refractivity contribution >= 4 is 28.3 Å². The SMILES string of the molecule is CC(C)C(C)Nc1nc(Cl)ns1. The molecule has 0 fully saturated rings. The summed E-state index contributed by atoms with van der Waals surface area (Å²) in [6.07, 6.45) is 0. The number of hydrogen-bond acceptors (Lipinski definition) is 4. The lowest BCUT2D eigenvalue weighted by Crippen LogP contribution is -2.21. The number of nitrogens with one attached hydrogen (secondary N) is 1. The predicted octanol–water partition coefficient (Wildman–Crippen LogP) is 2.65. The van der Waals surface area contributed by atoms with Gasteiger partial charge < -0.3 is 5.32 Å². The van der Waals surface area contributed by atoms with Gasteiger partial charge in [0.15, 0.2) is 0 Å². The van der Waals surface area contributed by atoms with Gasteiger partial charge in [-0.3, -0.25) is 0 Å². The van der Waals surface area contributed by atoms with E-state index in [1.54, 1.807) is 0 Å². The van der Waals surface area contributed by atoms with Crippen molar-refractivity contribution in [2.75, 3.05) is 5.32 Å². The first-order valence-electron chi connectivity index (χ1n) is 3.85. The molecule has 0 aliphatic carbocycles. The second-order valence-electron chi connectivity index (χ2n) is 3.05. The molecule has 0 aromatic carbocycles. The van der Waals surface area contributed by atoms with Crippen LogP contribution in [0.15, 0.2) is 0 Å². The van der Waals surface area contributed by atoms with Gasteiger partial charge in [-0.2, -0.15) is 9.36 Å². The zero-order chi connectivity index (χ0) is 9.14. The number of aromatic nitrogens is 2. The molecular formula is C7H12ClN3S. The third kappa shape index (κ3) is 2.60. The Balaban J connectivity index is 2.52. The van der Waals surface area contributed by atoms with Gasteiger partial charge in [0, 0.05) is 17.6 Å². The Morgan fingerprint density at radius 2 is 2.08 bits per heavy atom. The lowest BCUT2D eigenvalue weighted by atomic mass is 10.1. The molecule has 12 heavy (non-hydrogen) atoms. The number of halogens is 1. The molecule has 5 heteroatoms. The zero-order valence-corrected chi connectivity index (χ0v) is 8.91. The van der Waals surface area contributed by atoms with Crippen molar-refractivity contribution in [3.63, 3.8) is 0 Å². The number of nitrogens with zero attached hydrogens (tertiary/aromatic N) is 2. The fourth-order valence-electron chi connectivity index (χ4n) is 0.626. The van der Waals surface area contributed by atoms with Crippen molar-refractivity contribution < 1.29 is 0 Å². The van der Waals surface area contributed by atoms with E-state index in [4.69, 9.17) is 11.6 Å². The first-order valence-corrected chi connectivity index (χ1v) is 5.00. The Hall–Kier alpha value is -0.350. The molecule has 3 nitrogen and oxygen atoms in total. The topological polar surface area (TPSA) is 37.8 Å². The lowest BCUT2D eigenvalue weighted by molar-refractivity contribution is 0.559. The van der Waals surface area contributed by atoms with Crippen LogP contribution >= 0.6 is 23.1 Å². The number of rotatable bonds is 3. The summed E-state index contributed by atoms with van der Waals surface area (Å²) in [7, 11) is 0. The van der Waals surface area contributed by atoms with E-state index in [2.05, 4.69) is 35.4 Å². The molecule has 68 valence electrons. The van der Waals surface area contributed by atoms with Crippen LogP contribution in [0.1, 0.15) is 20.8 Å². The first kappa shape index (κ1) is 9.74. The maximum atomic E-state index is 5.57. The molecule has 0 saturated carbocycles. The van der Waals surface area contributed by atoms with E-state index < -0.39 is 0 Å². The highest BCUT2D eigenvalue weighted by Gasteiger charge is 2.08. The van der Waals surface area contributed by atoms with E-state index in [1.165, 1.54) is 11.5 Å². The summed E-state index contributed by atoms with van der Waals surface area (Å²) in [6.45, 7) is 6.42. The van der Waals surface area contributed by atoms with E-state index in [0.717, 1.165) is 5.13 Å². The van der Waals surface area contributed by atoms with Crippen LogP contribution in [0.2, 0.25) is 5.28 Å². The van der Waals surface area contributed by atoms with Crippen LogP contribution in [0.5, 0.6) is 0 Å². The second-order valence-corrected chi connectivity index (χ2v) is 4.14. The summed E-state index contributed by atoms with van der Waals surface area (Å²) in [5.74, 6) is 0.577. The predicted molar refractivity (Wildman–Crippen MR) is 52.8 cm³/mol. The highest BCUT2D eigenvalue weighted by molar-refractivity contribution is 7.09. The molecule has 1 unspecified atom stereocenters. The summed E-state index contributed by atoms with van der Waals surface area (Å²) >= 11 is 6.86. The van der Waals surface area contributed by atoms with Gasteiger partial charge in [-0.05, 0) is 24.4 Å². The van der Waals surface area contributed by atoms with Gasteiger partial charge in [-0.1, -0.05) is 13.8 Å². The Labute approximate surface area is 81.3 Å². The molecule has 0 aliphatic rings. The molecular weight excluding hydrogens is 194 g/mol. The smallest absolute Gasteiger partial charge is 0.236 e. The van der Waals surface area contributed by atoms with Crippen LogP contribution in [0.3, 0.4) is 0 Å². The minimum atomic E-state index is 0.318. The third-order valence-corrected chi connectivity index (χ3v) is 2.67. The normalized spacial score (nSPS) is 13.4. The van der Waals surface area contributed by atoms with Gasteiger partial charge in [0.2, 0.25) is 10.4 Å². The van der Waals surface area contributed by atoms with E-state index in [0.29, 0.717) is 17.2 Å². The van der Waals surface area contributed by atoms with E-state index >= 15 is 0 Å². The molecule has 1 aromatic heterocycles. The summed E-state index contributed by atoms with van der Waals surface area (Å²) in [4.78, 5) is 3.99. The Morgan fingerprint density at radius 3 is 2.50 bits per heavy atom. The molecule has 0 radical (unpaired) electrons. The van der Waals surface area contributed by atoms with Crippen molar-refractivity contribution in [2.24, 2.45) is 5.92 Å². The molecule has 1 aromatic rings. The van der Waals surface area contributed by atoms with Gasteiger partial charge in [0.25, 0.3) is 0 Å². The first-order chi connectivity index (χ1) is 5.59. The van der Waals surface area contributed by atoms with Gasteiger partial charge >= 0.3 is 0 Å². The quantitative estimate of drug-likeness (QED) is 0.825. The Morgan fingerprint density at radius 1 is 1.42 bits per heavy atom.